The number of benzene rings is 1. The van der Waals surface area contributed by atoms with Crippen LogP contribution in [0.4, 0.5) is 0 Å². The van der Waals surface area contributed by atoms with Crippen molar-refractivity contribution >= 4 is 35.8 Å². The molecule has 0 unspecified atom stereocenters. The van der Waals surface area contributed by atoms with E-state index >= 15 is 0 Å². The molecule has 0 spiro atoms. The molecule has 2 rings (SSSR count). The predicted octanol–water partition coefficient (Wildman–Crippen LogP) is 2.90. The molecule has 0 bridgehead atoms. The Hall–Kier alpha value is -2.03. The Morgan fingerprint density at radius 2 is 2.00 bits per heavy atom. The molecule has 0 aliphatic heterocycles. The summed E-state index contributed by atoms with van der Waals surface area (Å²) >= 11 is 0. The molecule has 136 valence electrons. The zero-order valence-electron chi connectivity index (χ0n) is 14.8. The number of nitrogens with one attached hydrogen (secondary N) is 1. The van der Waals surface area contributed by atoms with Crippen LogP contribution in [0.2, 0.25) is 0 Å². The fourth-order valence-corrected chi connectivity index (χ4v) is 2.34. The SMILES string of the molecule is CCNC(=NCc1ccc(C(N)=O)o1)N(C)Cc1ccccc1C.I. The molecule has 2 aromatic rings. The molecule has 0 radical (unpaired) electrons. The minimum absolute atomic E-state index is 0. The lowest BCUT2D eigenvalue weighted by Crippen LogP contribution is -2.38. The molecule has 0 fully saturated rings. The molecular formula is C18H25IN4O2. The number of aryl methyl sites for hydroxylation is 1. The van der Waals surface area contributed by atoms with Gasteiger partial charge in [0.2, 0.25) is 0 Å². The topological polar surface area (TPSA) is 83.9 Å². The Balaban J connectivity index is 0.00000312. The van der Waals surface area contributed by atoms with E-state index in [-0.39, 0.29) is 29.7 Å². The number of furan rings is 1. The van der Waals surface area contributed by atoms with Gasteiger partial charge in [-0.15, -0.1) is 24.0 Å². The fraction of sp³-hybridized carbons (Fsp3) is 0.333. The van der Waals surface area contributed by atoms with Crippen molar-refractivity contribution in [1.82, 2.24) is 10.2 Å². The van der Waals surface area contributed by atoms with Crippen LogP contribution in [-0.4, -0.2) is 30.4 Å². The highest BCUT2D eigenvalue weighted by molar-refractivity contribution is 14.0. The van der Waals surface area contributed by atoms with Crippen molar-refractivity contribution in [2.45, 2.75) is 26.9 Å². The van der Waals surface area contributed by atoms with Gasteiger partial charge in [-0.25, -0.2) is 4.99 Å². The van der Waals surface area contributed by atoms with Crippen molar-refractivity contribution < 1.29 is 9.21 Å². The van der Waals surface area contributed by atoms with Crippen LogP contribution < -0.4 is 11.1 Å². The maximum absolute atomic E-state index is 11.1. The number of guanidine groups is 1. The van der Waals surface area contributed by atoms with Crippen LogP contribution in [0.15, 0.2) is 45.8 Å². The van der Waals surface area contributed by atoms with Crippen LogP contribution in [-0.2, 0) is 13.1 Å². The largest absolute Gasteiger partial charge is 0.454 e. The Morgan fingerprint density at radius 1 is 1.28 bits per heavy atom. The summed E-state index contributed by atoms with van der Waals surface area (Å²) in [5, 5.41) is 3.26. The first-order valence-electron chi connectivity index (χ1n) is 7.93. The fourth-order valence-electron chi connectivity index (χ4n) is 2.34. The lowest BCUT2D eigenvalue weighted by Gasteiger charge is -2.22. The van der Waals surface area contributed by atoms with E-state index in [0.717, 1.165) is 19.0 Å². The van der Waals surface area contributed by atoms with Gasteiger partial charge in [-0.1, -0.05) is 24.3 Å². The number of nitrogens with two attached hydrogens (primary N) is 1. The summed E-state index contributed by atoms with van der Waals surface area (Å²) in [5.41, 5.74) is 7.69. The summed E-state index contributed by atoms with van der Waals surface area (Å²) in [5.74, 6) is 0.952. The monoisotopic (exact) mass is 456 g/mol. The standard InChI is InChI=1S/C18H24N4O2.HI/c1-4-20-18(21-11-15-9-10-16(24-15)17(19)23)22(3)12-14-8-6-5-7-13(14)2;/h5-10H,4,11-12H2,1-3H3,(H2,19,23)(H,20,21);1H. The zero-order valence-corrected chi connectivity index (χ0v) is 17.1. The highest BCUT2D eigenvalue weighted by Gasteiger charge is 2.10. The van der Waals surface area contributed by atoms with Crippen LogP contribution in [0.3, 0.4) is 0 Å². The number of halogens is 1. The van der Waals surface area contributed by atoms with E-state index in [1.807, 2.05) is 26.1 Å². The third-order valence-corrected chi connectivity index (χ3v) is 3.65. The van der Waals surface area contributed by atoms with Gasteiger partial charge in [-0.2, -0.15) is 0 Å². The minimum Gasteiger partial charge on any atom is -0.454 e. The lowest BCUT2D eigenvalue weighted by atomic mass is 10.1. The summed E-state index contributed by atoms with van der Waals surface area (Å²) in [6.45, 7) is 5.98. The van der Waals surface area contributed by atoms with Gasteiger partial charge in [0, 0.05) is 20.1 Å². The van der Waals surface area contributed by atoms with Gasteiger partial charge in [0.15, 0.2) is 11.7 Å². The van der Waals surface area contributed by atoms with Crippen molar-refractivity contribution in [3.05, 3.63) is 59.0 Å². The number of carbonyl (C=O) groups excluding carboxylic acids is 1. The van der Waals surface area contributed by atoms with Gasteiger partial charge >= 0.3 is 0 Å². The van der Waals surface area contributed by atoms with E-state index in [4.69, 9.17) is 10.2 Å². The van der Waals surface area contributed by atoms with Crippen LogP contribution in [0.5, 0.6) is 0 Å². The number of primary amides is 1. The molecular weight excluding hydrogens is 431 g/mol. The van der Waals surface area contributed by atoms with Crippen molar-refractivity contribution in [1.29, 1.82) is 0 Å². The van der Waals surface area contributed by atoms with E-state index in [0.29, 0.717) is 12.3 Å². The van der Waals surface area contributed by atoms with Crippen molar-refractivity contribution in [3.8, 4) is 0 Å². The highest BCUT2D eigenvalue weighted by atomic mass is 127. The number of amides is 1. The zero-order chi connectivity index (χ0) is 17.5. The van der Waals surface area contributed by atoms with Crippen molar-refractivity contribution in [2.75, 3.05) is 13.6 Å². The molecule has 25 heavy (non-hydrogen) atoms. The minimum atomic E-state index is -0.575. The first kappa shape index (κ1) is 21.0. The van der Waals surface area contributed by atoms with Gasteiger partial charge in [0.05, 0.1) is 0 Å². The van der Waals surface area contributed by atoms with Gasteiger partial charge < -0.3 is 20.4 Å². The van der Waals surface area contributed by atoms with Crippen molar-refractivity contribution in [3.63, 3.8) is 0 Å². The molecule has 1 aromatic carbocycles. The Kier molecular flexibility index (Phi) is 8.47. The van der Waals surface area contributed by atoms with Gasteiger partial charge in [0.25, 0.3) is 5.91 Å². The summed E-state index contributed by atoms with van der Waals surface area (Å²) in [6.07, 6.45) is 0. The smallest absolute Gasteiger partial charge is 0.284 e. The van der Waals surface area contributed by atoms with Gasteiger partial charge in [0.1, 0.15) is 12.3 Å². The number of hydrogen-bond donors (Lipinski definition) is 2. The summed E-state index contributed by atoms with van der Waals surface area (Å²) in [6, 6.07) is 11.6. The molecule has 3 N–H and O–H groups in total. The van der Waals surface area contributed by atoms with E-state index < -0.39 is 5.91 Å². The molecule has 0 atom stereocenters. The maximum Gasteiger partial charge on any atom is 0.284 e. The summed E-state index contributed by atoms with van der Waals surface area (Å²) in [7, 11) is 1.99. The van der Waals surface area contributed by atoms with E-state index in [1.165, 1.54) is 11.1 Å². The average molecular weight is 456 g/mol. The Bertz CT molecular complexity index is 727. The first-order chi connectivity index (χ1) is 11.5. The third kappa shape index (κ3) is 6.08. The predicted molar refractivity (Wildman–Crippen MR) is 110 cm³/mol. The summed E-state index contributed by atoms with van der Waals surface area (Å²) < 4.78 is 5.36. The van der Waals surface area contributed by atoms with Crippen LogP contribution >= 0.6 is 24.0 Å². The number of nitrogens with zero attached hydrogens (tertiary/aromatic N) is 2. The number of hydrogen-bond acceptors (Lipinski definition) is 3. The second-order valence-electron chi connectivity index (χ2n) is 5.58. The molecule has 0 aliphatic carbocycles. The van der Waals surface area contributed by atoms with Crippen LogP contribution in [0, 0.1) is 6.92 Å². The summed E-state index contributed by atoms with van der Waals surface area (Å²) in [4.78, 5) is 17.7. The number of rotatable bonds is 6. The van der Waals surface area contributed by atoms with E-state index in [2.05, 4.69) is 34.3 Å². The quantitative estimate of drug-likeness (QED) is 0.398. The second kappa shape index (κ2) is 10.1. The Labute approximate surface area is 165 Å². The Morgan fingerprint density at radius 3 is 2.60 bits per heavy atom. The molecule has 1 aromatic heterocycles. The van der Waals surface area contributed by atoms with E-state index in [9.17, 15) is 4.79 Å². The van der Waals surface area contributed by atoms with Crippen LogP contribution in [0.1, 0.15) is 34.4 Å². The molecule has 6 nitrogen and oxygen atoms in total. The second-order valence-corrected chi connectivity index (χ2v) is 5.58. The molecule has 0 saturated carbocycles. The number of aliphatic imine (C=N–C) groups is 1. The first-order valence-corrected chi connectivity index (χ1v) is 7.93. The molecule has 1 amide bonds. The van der Waals surface area contributed by atoms with Gasteiger partial charge in [-0.05, 0) is 37.1 Å². The normalized spacial score (nSPS) is 10.9. The highest BCUT2D eigenvalue weighted by Crippen LogP contribution is 2.11. The molecule has 0 aliphatic rings. The lowest BCUT2D eigenvalue weighted by molar-refractivity contribution is 0.0972. The molecule has 7 heteroatoms. The maximum atomic E-state index is 11.1. The number of carbonyl (C=O) groups is 1. The molecule has 0 saturated heterocycles. The van der Waals surface area contributed by atoms with Gasteiger partial charge in [-0.3, -0.25) is 4.79 Å². The average Bonchev–Trinajstić information content (AvgIpc) is 3.02. The van der Waals surface area contributed by atoms with Crippen LogP contribution in [0.25, 0.3) is 0 Å². The van der Waals surface area contributed by atoms with Crippen molar-refractivity contribution in [2.24, 2.45) is 10.7 Å². The third-order valence-electron chi connectivity index (χ3n) is 3.65. The molecule has 1 heterocycles. The van der Waals surface area contributed by atoms with E-state index in [1.54, 1.807) is 12.1 Å².